The Bertz CT molecular complexity index is 473. The van der Waals surface area contributed by atoms with Gasteiger partial charge < -0.3 is 10.4 Å². The fourth-order valence-corrected chi connectivity index (χ4v) is 2.63. The van der Waals surface area contributed by atoms with E-state index in [0.717, 1.165) is 37.1 Å². The Labute approximate surface area is 117 Å². The Hall–Kier alpha value is -1.07. The molecule has 1 amide bonds. The molecule has 0 aliphatic heterocycles. The fraction of sp³-hybridized carbons (Fsp3) is 0.692. The molecule has 1 aromatic heterocycles. The molecule has 1 heterocycles. The van der Waals surface area contributed by atoms with Crippen LogP contribution in [0, 0.1) is 13.8 Å². The van der Waals surface area contributed by atoms with E-state index >= 15 is 0 Å². The maximum absolute atomic E-state index is 12.0. The molecule has 5 nitrogen and oxygen atoms in total. The van der Waals surface area contributed by atoms with Gasteiger partial charge in [0.25, 0.3) is 0 Å². The van der Waals surface area contributed by atoms with Gasteiger partial charge in [-0.05, 0) is 26.7 Å². The number of aromatic nitrogens is 2. The zero-order valence-electron chi connectivity index (χ0n) is 11.3. The lowest BCUT2D eigenvalue weighted by atomic mass is 9.92. The van der Waals surface area contributed by atoms with Gasteiger partial charge >= 0.3 is 0 Å². The van der Waals surface area contributed by atoms with Crippen molar-refractivity contribution in [2.45, 2.75) is 58.2 Å². The highest BCUT2D eigenvalue weighted by atomic mass is 35.5. The predicted octanol–water partition coefficient (Wildman–Crippen LogP) is 1.57. The van der Waals surface area contributed by atoms with Gasteiger partial charge in [0.2, 0.25) is 5.91 Å². The molecule has 0 radical (unpaired) electrons. The van der Waals surface area contributed by atoms with E-state index in [2.05, 4.69) is 10.4 Å². The van der Waals surface area contributed by atoms with Crippen molar-refractivity contribution in [1.29, 1.82) is 0 Å². The molecule has 0 aromatic carbocycles. The number of carbonyl (C=O) groups is 1. The molecule has 1 saturated carbocycles. The van der Waals surface area contributed by atoms with Gasteiger partial charge in [0.05, 0.1) is 28.6 Å². The Balaban J connectivity index is 1.95. The quantitative estimate of drug-likeness (QED) is 0.886. The highest BCUT2D eigenvalue weighted by Crippen LogP contribution is 2.20. The van der Waals surface area contributed by atoms with Crippen LogP contribution in [0.4, 0.5) is 0 Å². The third kappa shape index (κ3) is 3.28. The van der Waals surface area contributed by atoms with Crippen LogP contribution in [0.2, 0.25) is 5.02 Å². The largest absolute Gasteiger partial charge is 0.391 e. The van der Waals surface area contributed by atoms with Crippen LogP contribution < -0.4 is 5.32 Å². The van der Waals surface area contributed by atoms with Crippen LogP contribution in [-0.2, 0) is 11.3 Å². The van der Waals surface area contributed by atoms with Gasteiger partial charge in [0, 0.05) is 0 Å². The number of nitrogens with zero attached hydrogens (tertiary/aromatic N) is 2. The van der Waals surface area contributed by atoms with Crippen LogP contribution >= 0.6 is 11.6 Å². The van der Waals surface area contributed by atoms with E-state index in [1.807, 2.05) is 13.8 Å². The van der Waals surface area contributed by atoms with Crippen LogP contribution in [0.5, 0.6) is 0 Å². The standard InChI is InChI=1S/C13H20ClN3O2/c1-8-13(14)9(2)17(16-8)7-12(19)15-10-5-3-4-6-11(10)18/h10-11,18H,3-7H2,1-2H3,(H,15,19). The Morgan fingerprint density at radius 2 is 2.16 bits per heavy atom. The normalized spacial score (nSPS) is 23.4. The van der Waals surface area contributed by atoms with Crippen molar-refractivity contribution in [3.8, 4) is 0 Å². The van der Waals surface area contributed by atoms with E-state index in [1.165, 1.54) is 0 Å². The molecule has 0 bridgehead atoms. The molecule has 1 aliphatic carbocycles. The van der Waals surface area contributed by atoms with Crippen LogP contribution in [0.3, 0.4) is 0 Å². The molecule has 2 unspecified atom stereocenters. The summed E-state index contributed by atoms with van der Waals surface area (Å²) in [7, 11) is 0. The van der Waals surface area contributed by atoms with Gasteiger partial charge in [0.15, 0.2) is 0 Å². The van der Waals surface area contributed by atoms with Crippen LogP contribution in [0.25, 0.3) is 0 Å². The second-order valence-electron chi connectivity index (χ2n) is 5.17. The van der Waals surface area contributed by atoms with Gasteiger partial charge in [-0.15, -0.1) is 0 Å². The molecule has 2 rings (SSSR count). The van der Waals surface area contributed by atoms with Crippen molar-refractivity contribution in [2.24, 2.45) is 0 Å². The summed E-state index contributed by atoms with van der Waals surface area (Å²) in [5.74, 6) is -0.131. The van der Waals surface area contributed by atoms with E-state index in [9.17, 15) is 9.90 Å². The first-order valence-corrected chi connectivity index (χ1v) is 7.03. The smallest absolute Gasteiger partial charge is 0.242 e. The second kappa shape index (κ2) is 5.92. The van der Waals surface area contributed by atoms with Crippen LogP contribution in [0.1, 0.15) is 37.1 Å². The summed E-state index contributed by atoms with van der Waals surface area (Å²) in [6, 6.07) is -0.131. The number of hydrogen-bond acceptors (Lipinski definition) is 3. The van der Waals surface area contributed by atoms with Gasteiger partial charge in [-0.1, -0.05) is 24.4 Å². The topological polar surface area (TPSA) is 67.2 Å². The number of amides is 1. The van der Waals surface area contributed by atoms with Gasteiger partial charge in [0.1, 0.15) is 6.54 Å². The number of hydrogen-bond donors (Lipinski definition) is 2. The molecule has 2 N–H and O–H groups in total. The number of aryl methyl sites for hydroxylation is 1. The van der Waals surface area contributed by atoms with Crippen molar-refractivity contribution in [3.05, 3.63) is 16.4 Å². The maximum atomic E-state index is 12.0. The molecule has 0 spiro atoms. The molecule has 0 saturated heterocycles. The lowest BCUT2D eigenvalue weighted by Crippen LogP contribution is -2.46. The highest BCUT2D eigenvalue weighted by Gasteiger charge is 2.24. The van der Waals surface area contributed by atoms with Crippen molar-refractivity contribution in [3.63, 3.8) is 0 Å². The summed E-state index contributed by atoms with van der Waals surface area (Å²) < 4.78 is 1.60. The van der Waals surface area contributed by atoms with E-state index in [-0.39, 0.29) is 18.5 Å². The molecule has 19 heavy (non-hydrogen) atoms. The first-order chi connectivity index (χ1) is 8.99. The highest BCUT2D eigenvalue weighted by molar-refractivity contribution is 6.31. The van der Waals surface area contributed by atoms with E-state index in [0.29, 0.717) is 5.02 Å². The van der Waals surface area contributed by atoms with Crippen molar-refractivity contribution >= 4 is 17.5 Å². The number of rotatable bonds is 3. The first kappa shape index (κ1) is 14.3. The SMILES string of the molecule is Cc1nn(CC(=O)NC2CCCCC2O)c(C)c1Cl. The molecule has 1 fully saturated rings. The number of carbonyl (C=O) groups excluding carboxylic acids is 1. The van der Waals surface area contributed by atoms with Crippen molar-refractivity contribution in [1.82, 2.24) is 15.1 Å². The molecular formula is C13H20ClN3O2. The zero-order valence-corrected chi connectivity index (χ0v) is 12.1. The summed E-state index contributed by atoms with van der Waals surface area (Å²) in [6.45, 7) is 3.79. The third-order valence-electron chi connectivity index (χ3n) is 3.66. The van der Waals surface area contributed by atoms with Crippen LogP contribution in [0.15, 0.2) is 0 Å². The minimum atomic E-state index is -0.429. The first-order valence-electron chi connectivity index (χ1n) is 6.66. The lowest BCUT2D eigenvalue weighted by molar-refractivity contribution is -0.123. The predicted molar refractivity (Wildman–Crippen MR) is 73.1 cm³/mol. The van der Waals surface area contributed by atoms with Crippen molar-refractivity contribution < 1.29 is 9.90 Å². The number of aliphatic hydroxyl groups excluding tert-OH is 1. The second-order valence-corrected chi connectivity index (χ2v) is 5.55. The number of aliphatic hydroxyl groups is 1. The molecule has 2 atom stereocenters. The van der Waals surface area contributed by atoms with Crippen molar-refractivity contribution in [2.75, 3.05) is 0 Å². The molecule has 1 aromatic rings. The third-order valence-corrected chi connectivity index (χ3v) is 4.21. The maximum Gasteiger partial charge on any atom is 0.242 e. The van der Waals surface area contributed by atoms with E-state index in [4.69, 9.17) is 11.6 Å². The summed E-state index contributed by atoms with van der Waals surface area (Å²) in [6.07, 6.45) is 3.25. The number of nitrogens with one attached hydrogen (secondary N) is 1. The Morgan fingerprint density at radius 1 is 1.47 bits per heavy atom. The van der Waals surface area contributed by atoms with Gasteiger partial charge in [-0.25, -0.2) is 0 Å². The summed E-state index contributed by atoms with van der Waals surface area (Å²) in [4.78, 5) is 12.0. The monoisotopic (exact) mass is 285 g/mol. The average molecular weight is 286 g/mol. The van der Waals surface area contributed by atoms with E-state index in [1.54, 1.807) is 4.68 Å². The lowest BCUT2D eigenvalue weighted by Gasteiger charge is -2.28. The minimum Gasteiger partial charge on any atom is -0.391 e. The summed E-state index contributed by atoms with van der Waals surface area (Å²) >= 11 is 6.04. The fourth-order valence-electron chi connectivity index (χ4n) is 2.50. The minimum absolute atomic E-state index is 0.131. The number of halogens is 1. The molecule has 1 aliphatic rings. The van der Waals surface area contributed by atoms with Crippen LogP contribution in [-0.4, -0.2) is 32.9 Å². The Morgan fingerprint density at radius 3 is 2.74 bits per heavy atom. The molecule has 6 heteroatoms. The van der Waals surface area contributed by atoms with E-state index < -0.39 is 6.10 Å². The summed E-state index contributed by atoms with van der Waals surface area (Å²) in [5.41, 5.74) is 1.52. The Kier molecular flexibility index (Phi) is 4.47. The average Bonchev–Trinajstić information content (AvgIpc) is 2.60. The zero-order chi connectivity index (χ0) is 14.0. The molecule has 106 valence electrons. The summed E-state index contributed by atoms with van der Waals surface area (Å²) in [5, 5.41) is 17.5. The molecular weight excluding hydrogens is 266 g/mol. The van der Waals surface area contributed by atoms with Gasteiger partial charge in [-0.3, -0.25) is 9.48 Å². The van der Waals surface area contributed by atoms with Gasteiger partial charge in [-0.2, -0.15) is 5.10 Å².